The van der Waals surface area contributed by atoms with E-state index >= 15 is 0 Å². The molecule has 0 saturated carbocycles. The fourth-order valence-corrected chi connectivity index (χ4v) is 3.71. The number of carbonyl (C=O) groups excluding carboxylic acids is 1. The van der Waals surface area contributed by atoms with E-state index in [1.165, 1.54) is 0 Å². The molecule has 1 heterocycles. The van der Waals surface area contributed by atoms with Crippen LogP contribution in [0.4, 0.5) is 0 Å². The highest BCUT2D eigenvalue weighted by Crippen LogP contribution is 2.38. The summed E-state index contributed by atoms with van der Waals surface area (Å²) in [6.07, 6.45) is 0. The molecule has 3 aromatic carbocycles. The summed E-state index contributed by atoms with van der Waals surface area (Å²) in [6.45, 7) is 5.27. The van der Waals surface area contributed by atoms with Gasteiger partial charge in [0, 0.05) is 11.0 Å². The minimum Gasteiger partial charge on any atom is -0.422 e. The molecule has 0 spiro atoms. The van der Waals surface area contributed by atoms with Gasteiger partial charge in [0.1, 0.15) is 10.8 Å². The lowest BCUT2D eigenvalue weighted by molar-refractivity contribution is -0.130. The Hall–Kier alpha value is -2.98. The maximum Gasteiger partial charge on any atom is 0.338 e. The first-order valence-electron chi connectivity index (χ1n) is 7.89. The molecule has 4 aromatic rings. The van der Waals surface area contributed by atoms with E-state index in [0.717, 1.165) is 31.6 Å². The maximum absolute atomic E-state index is 11.9. The zero-order chi connectivity index (χ0) is 17.4. The van der Waals surface area contributed by atoms with Crippen molar-refractivity contribution < 1.29 is 9.53 Å². The van der Waals surface area contributed by atoms with E-state index in [1.54, 1.807) is 24.3 Å². The number of rotatable bonds is 3. The zero-order valence-corrected chi connectivity index (χ0v) is 14.5. The molecule has 3 nitrogen and oxygen atoms in total. The van der Waals surface area contributed by atoms with E-state index in [0.29, 0.717) is 11.3 Å². The molecule has 4 heteroatoms. The molecule has 0 atom stereocenters. The summed E-state index contributed by atoms with van der Waals surface area (Å²) < 4.78 is 6.58. The molecular weight excluding hydrogens is 330 g/mol. The Kier molecular flexibility index (Phi) is 3.82. The second kappa shape index (κ2) is 6.15. The van der Waals surface area contributed by atoms with Gasteiger partial charge in [0.05, 0.1) is 15.8 Å². The zero-order valence-electron chi connectivity index (χ0n) is 13.7. The van der Waals surface area contributed by atoms with Crippen LogP contribution >= 0.6 is 11.3 Å². The van der Waals surface area contributed by atoms with Crippen LogP contribution in [0, 0.1) is 0 Å². The van der Waals surface area contributed by atoms with Crippen LogP contribution in [0.25, 0.3) is 31.6 Å². The van der Waals surface area contributed by atoms with Gasteiger partial charge in [-0.15, -0.1) is 11.3 Å². The van der Waals surface area contributed by atoms with Gasteiger partial charge >= 0.3 is 5.97 Å². The first kappa shape index (κ1) is 15.5. The number of para-hydroxylation sites is 1. The van der Waals surface area contributed by atoms with Crippen molar-refractivity contribution in [1.29, 1.82) is 0 Å². The van der Waals surface area contributed by atoms with Crippen molar-refractivity contribution in [3.63, 3.8) is 0 Å². The van der Waals surface area contributed by atoms with Gasteiger partial charge in [-0.25, -0.2) is 9.78 Å². The molecule has 0 N–H and O–H groups in total. The van der Waals surface area contributed by atoms with Crippen molar-refractivity contribution in [2.75, 3.05) is 0 Å². The van der Waals surface area contributed by atoms with E-state index in [1.807, 2.05) is 30.3 Å². The van der Waals surface area contributed by atoms with Gasteiger partial charge < -0.3 is 4.74 Å². The fraction of sp³-hybridized carbons (Fsp3) is 0.0476. The van der Waals surface area contributed by atoms with Crippen LogP contribution in [0.15, 0.2) is 72.8 Å². The summed E-state index contributed by atoms with van der Waals surface area (Å²) in [6, 6.07) is 19.8. The number of thiazole rings is 1. The molecular formula is C21H15NO2S. The lowest BCUT2D eigenvalue weighted by Crippen LogP contribution is -2.08. The molecule has 0 aliphatic heterocycles. The summed E-state index contributed by atoms with van der Waals surface area (Å²) in [5.74, 6) is 0.0675. The lowest BCUT2D eigenvalue weighted by atomic mass is 10.1. The molecule has 0 saturated heterocycles. The van der Waals surface area contributed by atoms with Gasteiger partial charge in [-0.1, -0.05) is 49.0 Å². The predicted molar refractivity (Wildman–Crippen MR) is 103 cm³/mol. The number of nitrogens with zero attached hydrogens (tertiary/aromatic N) is 1. The monoisotopic (exact) mass is 345 g/mol. The van der Waals surface area contributed by atoms with Crippen LogP contribution in [0.1, 0.15) is 6.92 Å². The number of hydrogen-bond donors (Lipinski definition) is 0. The van der Waals surface area contributed by atoms with E-state index in [9.17, 15) is 4.79 Å². The van der Waals surface area contributed by atoms with Crippen molar-refractivity contribution in [1.82, 2.24) is 4.98 Å². The number of esters is 1. The predicted octanol–water partition coefficient (Wildman–Crippen LogP) is 5.60. The Bertz CT molecular complexity index is 1130. The molecule has 122 valence electrons. The number of carbonyl (C=O) groups is 1. The molecule has 0 amide bonds. The third-order valence-corrected chi connectivity index (χ3v) is 5.01. The summed E-state index contributed by atoms with van der Waals surface area (Å²) >= 11 is 1.59. The summed E-state index contributed by atoms with van der Waals surface area (Å²) in [4.78, 5) is 16.7. The molecule has 0 aliphatic rings. The van der Waals surface area contributed by atoms with Crippen molar-refractivity contribution >= 4 is 38.3 Å². The highest BCUT2D eigenvalue weighted by Gasteiger charge is 2.15. The fourth-order valence-electron chi connectivity index (χ4n) is 2.70. The Morgan fingerprint density at radius 2 is 1.80 bits per heavy atom. The third-order valence-electron chi connectivity index (χ3n) is 3.95. The molecule has 0 bridgehead atoms. The van der Waals surface area contributed by atoms with Crippen LogP contribution in [0.3, 0.4) is 0 Å². The SMILES string of the molecule is C=C(C)C(=O)Oc1ccccc1-c1nc2c(ccc3ccccc32)s1. The van der Waals surface area contributed by atoms with E-state index < -0.39 is 5.97 Å². The first-order chi connectivity index (χ1) is 12.1. The molecule has 0 aliphatic carbocycles. The minimum absolute atomic E-state index is 0.366. The maximum atomic E-state index is 11.9. The highest BCUT2D eigenvalue weighted by molar-refractivity contribution is 7.21. The molecule has 4 rings (SSSR count). The molecule has 25 heavy (non-hydrogen) atoms. The third kappa shape index (κ3) is 2.81. The van der Waals surface area contributed by atoms with Crippen LogP contribution in [0.2, 0.25) is 0 Å². The number of aromatic nitrogens is 1. The number of fused-ring (bicyclic) bond motifs is 3. The molecule has 0 radical (unpaired) electrons. The highest BCUT2D eigenvalue weighted by atomic mass is 32.1. The van der Waals surface area contributed by atoms with Crippen LogP contribution in [-0.2, 0) is 4.79 Å². The molecule has 1 aromatic heterocycles. The van der Waals surface area contributed by atoms with Gasteiger partial charge in [0.25, 0.3) is 0 Å². The van der Waals surface area contributed by atoms with Gasteiger partial charge in [0.15, 0.2) is 0 Å². The van der Waals surface area contributed by atoms with Crippen LogP contribution in [-0.4, -0.2) is 11.0 Å². The quantitative estimate of drug-likeness (QED) is 0.276. The number of hydrogen-bond acceptors (Lipinski definition) is 4. The normalized spacial score (nSPS) is 10.9. The number of benzene rings is 3. The summed E-state index contributed by atoms with van der Waals surface area (Å²) in [7, 11) is 0. The van der Waals surface area contributed by atoms with Crippen molar-refractivity contribution in [3.05, 3.63) is 72.8 Å². The second-order valence-corrected chi connectivity index (χ2v) is 6.85. The average Bonchev–Trinajstić information content (AvgIpc) is 3.06. The van der Waals surface area contributed by atoms with E-state index in [2.05, 4.69) is 30.8 Å². The molecule has 0 fully saturated rings. The Balaban J connectivity index is 1.86. The Labute approximate surface area is 149 Å². The standard InChI is InChI=1S/C21H15NO2S/c1-13(2)21(23)24-17-10-6-5-9-16(17)20-22-19-15-8-4-3-7-14(15)11-12-18(19)25-20/h3-12H,1H2,2H3. The van der Waals surface area contributed by atoms with Gasteiger partial charge in [0.2, 0.25) is 0 Å². The topological polar surface area (TPSA) is 39.2 Å². The van der Waals surface area contributed by atoms with Crippen LogP contribution in [0.5, 0.6) is 5.75 Å². The molecule has 0 unspecified atom stereocenters. The largest absolute Gasteiger partial charge is 0.422 e. The van der Waals surface area contributed by atoms with E-state index in [-0.39, 0.29) is 0 Å². The Morgan fingerprint density at radius 1 is 1.04 bits per heavy atom. The Morgan fingerprint density at radius 3 is 2.64 bits per heavy atom. The van der Waals surface area contributed by atoms with Gasteiger partial charge in [-0.3, -0.25) is 0 Å². The van der Waals surface area contributed by atoms with Crippen molar-refractivity contribution in [3.8, 4) is 16.3 Å². The lowest BCUT2D eigenvalue weighted by Gasteiger charge is -2.07. The smallest absolute Gasteiger partial charge is 0.338 e. The first-order valence-corrected chi connectivity index (χ1v) is 8.70. The van der Waals surface area contributed by atoms with Gasteiger partial charge in [-0.05, 0) is 30.5 Å². The average molecular weight is 345 g/mol. The summed E-state index contributed by atoms with van der Waals surface area (Å²) in [5.41, 5.74) is 2.15. The van der Waals surface area contributed by atoms with Gasteiger partial charge in [-0.2, -0.15) is 0 Å². The second-order valence-electron chi connectivity index (χ2n) is 5.82. The summed E-state index contributed by atoms with van der Waals surface area (Å²) in [5, 5.41) is 3.12. The number of ether oxygens (including phenoxy) is 1. The van der Waals surface area contributed by atoms with E-state index in [4.69, 9.17) is 9.72 Å². The van der Waals surface area contributed by atoms with Crippen LogP contribution < -0.4 is 4.74 Å². The van der Waals surface area contributed by atoms with Crippen molar-refractivity contribution in [2.45, 2.75) is 6.92 Å². The van der Waals surface area contributed by atoms with Crippen molar-refractivity contribution in [2.24, 2.45) is 0 Å². The minimum atomic E-state index is -0.431.